The highest BCUT2D eigenvalue weighted by atomic mass is 15.0. The molecule has 1 heterocycles. The van der Waals surface area contributed by atoms with Crippen molar-refractivity contribution in [2.45, 2.75) is 71.1 Å². The van der Waals surface area contributed by atoms with Crippen LogP contribution in [0.2, 0.25) is 0 Å². The molecule has 19 heavy (non-hydrogen) atoms. The Kier molecular flexibility index (Phi) is 4.43. The van der Waals surface area contributed by atoms with Crippen molar-refractivity contribution in [1.29, 1.82) is 0 Å². The van der Waals surface area contributed by atoms with E-state index in [0.717, 1.165) is 24.6 Å². The van der Waals surface area contributed by atoms with Crippen LogP contribution in [0.4, 0.5) is 5.82 Å². The van der Waals surface area contributed by atoms with Crippen LogP contribution < -0.4 is 5.32 Å². The highest BCUT2D eigenvalue weighted by Gasteiger charge is 2.23. The zero-order valence-corrected chi connectivity index (χ0v) is 12.8. The van der Waals surface area contributed by atoms with E-state index in [0.29, 0.717) is 5.92 Å². The molecule has 0 bridgehead atoms. The minimum atomic E-state index is 0.0112. The normalized spacial score (nSPS) is 16.8. The molecular formula is C16H27N3. The summed E-state index contributed by atoms with van der Waals surface area (Å²) < 4.78 is 0. The summed E-state index contributed by atoms with van der Waals surface area (Å²) in [6.45, 7) is 9.71. The van der Waals surface area contributed by atoms with Crippen molar-refractivity contribution in [2.75, 3.05) is 11.9 Å². The van der Waals surface area contributed by atoms with E-state index in [2.05, 4.69) is 39.1 Å². The minimum absolute atomic E-state index is 0.0112. The molecule has 0 atom stereocenters. The first-order chi connectivity index (χ1) is 9.00. The SMILES string of the molecule is CCCNc1cc(C2CCCC2)nc(C(C)(C)C)n1. The van der Waals surface area contributed by atoms with Gasteiger partial charge in [-0.15, -0.1) is 0 Å². The average molecular weight is 261 g/mol. The number of rotatable bonds is 4. The molecule has 0 spiro atoms. The zero-order chi connectivity index (χ0) is 13.9. The van der Waals surface area contributed by atoms with Crippen LogP contribution >= 0.6 is 0 Å². The summed E-state index contributed by atoms with van der Waals surface area (Å²) in [6, 6.07) is 2.17. The lowest BCUT2D eigenvalue weighted by Crippen LogP contribution is -2.19. The van der Waals surface area contributed by atoms with E-state index in [1.165, 1.54) is 31.4 Å². The number of anilines is 1. The summed E-state index contributed by atoms with van der Waals surface area (Å²) in [5, 5.41) is 3.42. The van der Waals surface area contributed by atoms with Crippen LogP contribution in [0.1, 0.15) is 77.2 Å². The third kappa shape index (κ3) is 3.68. The van der Waals surface area contributed by atoms with E-state index in [1.54, 1.807) is 0 Å². The van der Waals surface area contributed by atoms with E-state index in [-0.39, 0.29) is 5.41 Å². The molecule has 3 heteroatoms. The number of hydrogen-bond donors (Lipinski definition) is 1. The molecule has 0 aliphatic heterocycles. The molecule has 0 aromatic carbocycles. The lowest BCUT2D eigenvalue weighted by molar-refractivity contribution is 0.536. The number of aromatic nitrogens is 2. The van der Waals surface area contributed by atoms with Gasteiger partial charge < -0.3 is 5.32 Å². The summed E-state index contributed by atoms with van der Waals surface area (Å²) in [5.41, 5.74) is 1.26. The number of nitrogens with one attached hydrogen (secondary N) is 1. The largest absolute Gasteiger partial charge is 0.370 e. The molecule has 1 saturated carbocycles. The fourth-order valence-corrected chi connectivity index (χ4v) is 2.58. The van der Waals surface area contributed by atoms with E-state index in [1.807, 2.05) is 0 Å². The molecule has 1 fully saturated rings. The van der Waals surface area contributed by atoms with Gasteiger partial charge in [-0.3, -0.25) is 0 Å². The van der Waals surface area contributed by atoms with Crippen LogP contribution in [0, 0.1) is 0 Å². The third-order valence-electron chi connectivity index (χ3n) is 3.75. The maximum atomic E-state index is 4.84. The van der Waals surface area contributed by atoms with Gasteiger partial charge in [0.25, 0.3) is 0 Å². The molecule has 1 aromatic rings. The fraction of sp³-hybridized carbons (Fsp3) is 0.750. The van der Waals surface area contributed by atoms with Gasteiger partial charge in [-0.1, -0.05) is 40.5 Å². The highest BCUT2D eigenvalue weighted by Crippen LogP contribution is 2.34. The van der Waals surface area contributed by atoms with Crippen LogP contribution in [0.5, 0.6) is 0 Å². The van der Waals surface area contributed by atoms with Gasteiger partial charge in [-0.05, 0) is 19.3 Å². The van der Waals surface area contributed by atoms with Crippen molar-refractivity contribution in [3.05, 3.63) is 17.6 Å². The van der Waals surface area contributed by atoms with Crippen LogP contribution in [0.25, 0.3) is 0 Å². The lowest BCUT2D eigenvalue weighted by atomic mass is 9.94. The summed E-state index contributed by atoms with van der Waals surface area (Å²) in [5.74, 6) is 2.62. The molecular weight excluding hydrogens is 234 g/mol. The maximum absolute atomic E-state index is 4.84. The summed E-state index contributed by atoms with van der Waals surface area (Å²) in [7, 11) is 0. The summed E-state index contributed by atoms with van der Waals surface area (Å²) in [6.07, 6.45) is 6.38. The average Bonchev–Trinajstić information content (AvgIpc) is 2.89. The second-order valence-corrected chi connectivity index (χ2v) is 6.66. The van der Waals surface area contributed by atoms with Crippen LogP contribution in [-0.4, -0.2) is 16.5 Å². The van der Waals surface area contributed by atoms with Gasteiger partial charge in [-0.25, -0.2) is 9.97 Å². The molecule has 1 aliphatic rings. The predicted octanol–water partition coefficient (Wildman–Crippen LogP) is 4.25. The predicted molar refractivity (Wildman–Crippen MR) is 80.7 cm³/mol. The Hall–Kier alpha value is -1.12. The molecule has 0 saturated heterocycles. The Morgan fingerprint density at radius 3 is 2.47 bits per heavy atom. The van der Waals surface area contributed by atoms with Crippen molar-refractivity contribution in [1.82, 2.24) is 9.97 Å². The van der Waals surface area contributed by atoms with Crippen molar-refractivity contribution in [2.24, 2.45) is 0 Å². The molecule has 3 nitrogen and oxygen atoms in total. The van der Waals surface area contributed by atoms with Crippen molar-refractivity contribution in [3.8, 4) is 0 Å². The fourth-order valence-electron chi connectivity index (χ4n) is 2.58. The smallest absolute Gasteiger partial charge is 0.136 e. The monoisotopic (exact) mass is 261 g/mol. The molecule has 0 amide bonds. The Balaban J connectivity index is 2.30. The minimum Gasteiger partial charge on any atom is -0.370 e. The Morgan fingerprint density at radius 2 is 1.89 bits per heavy atom. The van der Waals surface area contributed by atoms with Gasteiger partial charge in [-0.2, -0.15) is 0 Å². The standard InChI is InChI=1S/C16H27N3/c1-5-10-17-14-11-13(12-8-6-7-9-12)18-15(19-14)16(2,3)4/h11-12H,5-10H2,1-4H3,(H,17,18,19). The van der Waals surface area contributed by atoms with Gasteiger partial charge in [0.15, 0.2) is 0 Å². The van der Waals surface area contributed by atoms with Gasteiger partial charge in [0.2, 0.25) is 0 Å². The Bertz CT molecular complexity index is 414. The highest BCUT2D eigenvalue weighted by molar-refractivity contribution is 5.38. The van der Waals surface area contributed by atoms with E-state index >= 15 is 0 Å². The zero-order valence-electron chi connectivity index (χ0n) is 12.8. The summed E-state index contributed by atoms with van der Waals surface area (Å²) >= 11 is 0. The van der Waals surface area contributed by atoms with Gasteiger partial charge >= 0.3 is 0 Å². The second kappa shape index (κ2) is 5.89. The second-order valence-electron chi connectivity index (χ2n) is 6.66. The number of nitrogens with zero attached hydrogens (tertiary/aromatic N) is 2. The van der Waals surface area contributed by atoms with Crippen molar-refractivity contribution in [3.63, 3.8) is 0 Å². The van der Waals surface area contributed by atoms with Gasteiger partial charge in [0.1, 0.15) is 11.6 Å². The van der Waals surface area contributed by atoms with Crippen LogP contribution in [-0.2, 0) is 5.41 Å². The van der Waals surface area contributed by atoms with Gasteiger partial charge in [0.05, 0.1) is 0 Å². The van der Waals surface area contributed by atoms with Crippen LogP contribution in [0.3, 0.4) is 0 Å². The topological polar surface area (TPSA) is 37.8 Å². The van der Waals surface area contributed by atoms with Crippen molar-refractivity contribution >= 4 is 5.82 Å². The van der Waals surface area contributed by atoms with E-state index < -0.39 is 0 Å². The molecule has 2 rings (SSSR count). The Morgan fingerprint density at radius 1 is 1.21 bits per heavy atom. The molecule has 106 valence electrons. The van der Waals surface area contributed by atoms with E-state index in [9.17, 15) is 0 Å². The first-order valence-corrected chi connectivity index (χ1v) is 7.64. The maximum Gasteiger partial charge on any atom is 0.136 e. The molecule has 1 N–H and O–H groups in total. The quantitative estimate of drug-likeness (QED) is 0.880. The summed E-state index contributed by atoms with van der Waals surface area (Å²) in [4.78, 5) is 9.54. The number of hydrogen-bond acceptors (Lipinski definition) is 3. The molecule has 0 unspecified atom stereocenters. The first-order valence-electron chi connectivity index (χ1n) is 7.64. The van der Waals surface area contributed by atoms with E-state index in [4.69, 9.17) is 9.97 Å². The molecule has 1 aliphatic carbocycles. The molecule has 0 radical (unpaired) electrons. The third-order valence-corrected chi connectivity index (χ3v) is 3.75. The first kappa shape index (κ1) is 14.3. The van der Waals surface area contributed by atoms with Gasteiger partial charge in [0, 0.05) is 29.6 Å². The lowest BCUT2D eigenvalue weighted by Gasteiger charge is -2.20. The Labute approximate surface area is 117 Å². The molecule has 1 aromatic heterocycles. The van der Waals surface area contributed by atoms with Crippen molar-refractivity contribution < 1.29 is 0 Å². The van der Waals surface area contributed by atoms with Crippen LogP contribution in [0.15, 0.2) is 6.07 Å².